The standard InChI is InChI=1S/C14H20N2O/c17-13-9-12(10-5-1-2-6-10)15-14(16-13)11-7-3-4-8-11/h9-11H,1-8H2,(H,15,16,17). The molecule has 3 nitrogen and oxygen atoms in total. The molecule has 0 atom stereocenters. The van der Waals surface area contributed by atoms with Crippen LogP contribution in [0, 0.1) is 0 Å². The highest BCUT2D eigenvalue weighted by atomic mass is 16.1. The molecule has 1 N–H and O–H groups in total. The number of aromatic nitrogens is 2. The molecule has 3 heteroatoms. The fourth-order valence-corrected chi connectivity index (χ4v) is 3.32. The van der Waals surface area contributed by atoms with E-state index in [0.29, 0.717) is 11.8 Å². The maximum Gasteiger partial charge on any atom is 0.251 e. The van der Waals surface area contributed by atoms with Gasteiger partial charge in [0.05, 0.1) is 5.69 Å². The lowest BCUT2D eigenvalue weighted by molar-refractivity contribution is 0.628. The average molecular weight is 232 g/mol. The Morgan fingerprint density at radius 1 is 1.00 bits per heavy atom. The van der Waals surface area contributed by atoms with E-state index in [4.69, 9.17) is 4.98 Å². The first kappa shape index (κ1) is 11.0. The van der Waals surface area contributed by atoms with Gasteiger partial charge in [-0.15, -0.1) is 0 Å². The van der Waals surface area contributed by atoms with E-state index < -0.39 is 0 Å². The minimum absolute atomic E-state index is 0.0452. The molecule has 0 radical (unpaired) electrons. The summed E-state index contributed by atoms with van der Waals surface area (Å²) in [5.74, 6) is 2.00. The molecule has 0 bridgehead atoms. The van der Waals surface area contributed by atoms with Gasteiger partial charge in [-0.3, -0.25) is 4.79 Å². The molecule has 92 valence electrons. The van der Waals surface area contributed by atoms with Crippen LogP contribution in [0.4, 0.5) is 0 Å². The van der Waals surface area contributed by atoms with E-state index in [0.717, 1.165) is 11.5 Å². The summed E-state index contributed by atoms with van der Waals surface area (Å²) >= 11 is 0. The smallest absolute Gasteiger partial charge is 0.251 e. The van der Waals surface area contributed by atoms with E-state index in [1.165, 1.54) is 51.4 Å². The number of hydrogen-bond acceptors (Lipinski definition) is 2. The van der Waals surface area contributed by atoms with Crippen LogP contribution in [0.1, 0.15) is 74.7 Å². The van der Waals surface area contributed by atoms with Gasteiger partial charge in [-0.1, -0.05) is 25.7 Å². The summed E-state index contributed by atoms with van der Waals surface area (Å²) in [4.78, 5) is 19.4. The summed E-state index contributed by atoms with van der Waals surface area (Å²) < 4.78 is 0. The first-order valence-electron chi connectivity index (χ1n) is 6.94. The Morgan fingerprint density at radius 3 is 2.24 bits per heavy atom. The summed E-state index contributed by atoms with van der Waals surface area (Å²) in [5, 5.41) is 0. The van der Waals surface area contributed by atoms with Crippen LogP contribution in [0.3, 0.4) is 0 Å². The monoisotopic (exact) mass is 232 g/mol. The second-order valence-corrected chi connectivity index (χ2v) is 5.52. The number of rotatable bonds is 2. The minimum atomic E-state index is 0.0452. The molecule has 2 fully saturated rings. The molecule has 3 rings (SSSR count). The van der Waals surface area contributed by atoms with Gasteiger partial charge in [0.15, 0.2) is 0 Å². The van der Waals surface area contributed by atoms with Crippen molar-refractivity contribution in [3.63, 3.8) is 0 Å². The Balaban J connectivity index is 1.91. The van der Waals surface area contributed by atoms with Crippen LogP contribution in [0.25, 0.3) is 0 Å². The van der Waals surface area contributed by atoms with Crippen molar-refractivity contribution >= 4 is 0 Å². The molecule has 0 saturated heterocycles. The third kappa shape index (κ3) is 2.28. The quantitative estimate of drug-likeness (QED) is 0.851. The van der Waals surface area contributed by atoms with E-state index in [9.17, 15) is 4.79 Å². The van der Waals surface area contributed by atoms with Gasteiger partial charge in [-0.2, -0.15) is 0 Å². The topological polar surface area (TPSA) is 45.8 Å². The largest absolute Gasteiger partial charge is 0.310 e. The van der Waals surface area contributed by atoms with E-state index in [1.54, 1.807) is 6.07 Å². The van der Waals surface area contributed by atoms with Crippen molar-refractivity contribution in [2.75, 3.05) is 0 Å². The van der Waals surface area contributed by atoms with E-state index in [1.807, 2.05) is 0 Å². The van der Waals surface area contributed by atoms with E-state index in [-0.39, 0.29) is 5.56 Å². The number of aromatic amines is 1. The highest BCUT2D eigenvalue weighted by molar-refractivity contribution is 5.12. The predicted molar refractivity (Wildman–Crippen MR) is 67.3 cm³/mol. The molecular weight excluding hydrogens is 212 g/mol. The zero-order chi connectivity index (χ0) is 11.7. The Morgan fingerprint density at radius 2 is 1.59 bits per heavy atom. The summed E-state index contributed by atoms with van der Waals surface area (Å²) in [7, 11) is 0. The predicted octanol–water partition coefficient (Wildman–Crippen LogP) is 3.09. The molecule has 2 aliphatic rings. The van der Waals surface area contributed by atoms with Crippen molar-refractivity contribution in [3.8, 4) is 0 Å². The molecule has 1 aromatic heterocycles. The zero-order valence-electron chi connectivity index (χ0n) is 10.2. The Bertz CT molecular complexity index is 403. The highest BCUT2D eigenvalue weighted by Crippen LogP contribution is 2.35. The maximum absolute atomic E-state index is 11.7. The molecular formula is C14H20N2O. The van der Waals surface area contributed by atoms with E-state index >= 15 is 0 Å². The van der Waals surface area contributed by atoms with Crippen LogP contribution in [0.15, 0.2) is 10.9 Å². The zero-order valence-corrected chi connectivity index (χ0v) is 10.2. The average Bonchev–Trinajstić information content (AvgIpc) is 3.02. The first-order valence-corrected chi connectivity index (χ1v) is 6.94. The molecule has 0 aromatic carbocycles. The molecule has 0 unspecified atom stereocenters. The van der Waals surface area contributed by atoms with Crippen molar-refractivity contribution in [1.29, 1.82) is 0 Å². The third-order valence-corrected chi connectivity index (χ3v) is 4.30. The molecule has 0 amide bonds. The lowest BCUT2D eigenvalue weighted by atomic mass is 10.0. The summed E-state index contributed by atoms with van der Waals surface area (Å²) in [6.45, 7) is 0. The van der Waals surface area contributed by atoms with Crippen molar-refractivity contribution < 1.29 is 0 Å². The lowest BCUT2D eigenvalue weighted by Crippen LogP contribution is -2.16. The maximum atomic E-state index is 11.7. The van der Waals surface area contributed by atoms with Gasteiger partial charge in [0.1, 0.15) is 5.82 Å². The van der Waals surface area contributed by atoms with Crippen LogP contribution >= 0.6 is 0 Å². The lowest BCUT2D eigenvalue weighted by Gasteiger charge is -2.13. The van der Waals surface area contributed by atoms with Gasteiger partial charge >= 0.3 is 0 Å². The van der Waals surface area contributed by atoms with Crippen molar-refractivity contribution in [3.05, 3.63) is 27.9 Å². The van der Waals surface area contributed by atoms with Crippen LogP contribution < -0.4 is 5.56 Å². The first-order chi connectivity index (χ1) is 8.33. The van der Waals surface area contributed by atoms with Gasteiger partial charge in [0.25, 0.3) is 5.56 Å². The Kier molecular flexibility index (Phi) is 3.00. The second-order valence-electron chi connectivity index (χ2n) is 5.52. The molecule has 1 heterocycles. The molecule has 0 aliphatic heterocycles. The van der Waals surface area contributed by atoms with Crippen molar-refractivity contribution in [1.82, 2.24) is 9.97 Å². The molecule has 2 saturated carbocycles. The number of nitrogens with one attached hydrogen (secondary N) is 1. The SMILES string of the molecule is O=c1cc(C2CCCC2)nc(C2CCCC2)[nH]1. The fourth-order valence-electron chi connectivity index (χ4n) is 3.32. The normalized spacial score (nSPS) is 22.4. The number of nitrogens with zero attached hydrogens (tertiary/aromatic N) is 1. The Hall–Kier alpha value is -1.12. The number of hydrogen-bond donors (Lipinski definition) is 1. The van der Waals surface area contributed by atoms with Crippen LogP contribution in [0.2, 0.25) is 0 Å². The highest BCUT2D eigenvalue weighted by Gasteiger charge is 2.23. The summed E-state index contributed by atoms with van der Waals surface area (Å²) in [6.07, 6.45) is 9.94. The summed E-state index contributed by atoms with van der Waals surface area (Å²) in [6, 6.07) is 1.72. The van der Waals surface area contributed by atoms with Crippen LogP contribution in [0.5, 0.6) is 0 Å². The van der Waals surface area contributed by atoms with Gasteiger partial charge in [-0.25, -0.2) is 4.98 Å². The second kappa shape index (κ2) is 4.63. The molecule has 1 aromatic rings. The van der Waals surface area contributed by atoms with Crippen molar-refractivity contribution in [2.24, 2.45) is 0 Å². The molecule has 17 heavy (non-hydrogen) atoms. The Labute approximate surface area is 102 Å². The van der Waals surface area contributed by atoms with Crippen molar-refractivity contribution in [2.45, 2.75) is 63.2 Å². The molecule has 2 aliphatic carbocycles. The summed E-state index contributed by atoms with van der Waals surface area (Å²) in [5.41, 5.74) is 1.09. The fraction of sp³-hybridized carbons (Fsp3) is 0.714. The van der Waals surface area contributed by atoms with Gasteiger partial charge in [-0.05, 0) is 25.7 Å². The van der Waals surface area contributed by atoms with Gasteiger partial charge in [0.2, 0.25) is 0 Å². The van der Waals surface area contributed by atoms with Gasteiger partial charge < -0.3 is 4.98 Å². The van der Waals surface area contributed by atoms with Crippen LogP contribution in [-0.4, -0.2) is 9.97 Å². The third-order valence-electron chi connectivity index (χ3n) is 4.30. The minimum Gasteiger partial charge on any atom is -0.310 e. The van der Waals surface area contributed by atoms with Crippen LogP contribution in [-0.2, 0) is 0 Å². The molecule has 0 spiro atoms. The van der Waals surface area contributed by atoms with E-state index in [2.05, 4.69) is 4.98 Å². The number of H-pyrrole nitrogens is 1. The van der Waals surface area contributed by atoms with Gasteiger partial charge in [0, 0.05) is 17.9 Å².